The first kappa shape index (κ1) is 23.0. The Morgan fingerprint density at radius 3 is 2.12 bits per heavy atom. The van der Waals surface area contributed by atoms with Crippen LogP contribution in [0.1, 0.15) is 11.1 Å². The number of nitrogens with one attached hydrogen (secondary N) is 1. The highest BCUT2D eigenvalue weighted by Crippen LogP contribution is 2.15. The highest BCUT2D eigenvalue weighted by Gasteiger charge is 2.31. The summed E-state index contributed by atoms with van der Waals surface area (Å²) in [7, 11) is -2.09. The molecule has 0 saturated carbocycles. The van der Waals surface area contributed by atoms with Crippen molar-refractivity contribution in [3.8, 4) is 0 Å². The van der Waals surface area contributed by atoms with E-state index in [0.717, 1.165) is 15.0 Å². The Hall–Kier alpha value is -3.21. The van der Waals surface area contributed by atoms with Gasteiger partial charge in [-0.3, -0.25) is 13.9 Å². The summed E-state index contributed by atoms with van der Waals surface area (Å²) in [6, 6.07) is 17.8. The summed E-state index contributed by atoms with van der Waals surface area (Å²) in [5.74, 6) is 0.166. The number of hydrogen-bond donors (Lipinski definition) is 2. The minimum absolute atomic E-state index is 0.166. The predicted molar refractivity (Wildman–Crippen MR) is 126 cm³/mol. The van der Waals surface area contributed by atoms with Crippen LogP contribution in [-0.2, 0) is 30.2 Å². The zero-order valence-electron chi connectivity index (χ0n) is 18.5. The van der Waals surface area contributed by atoms with Gasteiger partial charge in [0, 0.05) is 7.05 Å². The predicted octanol–water partition coefficient (Wildman–Crippen LogP) is -0.733. The number of sulfonamides is 1. The summed E-state index contributed by atoms with van der Waals surface area (Å²) in [6.07, 6.45) is 0. The smallest absolute Gasteiger partial charge is 0.332 e. The molecule has 1 fully saturated rings. The van der Waals surface area contributed by atoms with Crippen molar-refractivity contribution in [3.05, 3.63) is 92.6 Å². The van der Waals surface area contributed by atoms with Crippen molar-refractivity contribution < 1.29 is 13.3 Å². The average molecular weight is 471 g/mol. The molecule has 1 aliphatic rings. The molecule has 9 nitrogen and oxygen atoms in total. The summed E-state index contributed by atoms with van der Waals surface area (Å²) in [6.45, 7) is 2.35. The molecule has 0 spiro atoms. The van der Waals surface area contributed by atoms with Gasteiger partial charge in [0.25, 0.3) is 5.56 Å². The van der Waals surface area contributed by atoms with Crippen LogP contribution in [0.3, 0.4) is 0 Å². The third-order valence-corrected chi connectivity index (χ3v) is 8.01. The van der Waals surface area contributed by atoms with E-state index in [-0.39, 0.29) is 17.3 Å². The molecule has 0 unspecified atom stereocenters. The lowest BCUT2D eigenvalue weighted by atomic mass is 10.2. The Labute approximate surface area is 192 Å². The number of aromatic nitrogens is 2. The quantitative estimate of drug-likeness (QED) is 0.493. The number of quaternary nitrogens is 1. The van der Waals surface area contributed by atoms with Gasteiger partial charge in [-0.25, -0.2) is 13.2 Å². The lowest BCUT2D eigenvalue weighted by Crippen LogP contribution is -3.13. The van der Waals surface area contributed by atoms with E-state index in [1.807, 2.05) is 30.3 Å². The van der Waals surface area contributed by atoms with Crippen molar-refractivity contribution in [2.45, 2.75) is 18.0 Å². The summed E-state index contributed by atoms with van der Waals surface area (Å²) >= 11 is 0. The van der Waals surface area contributed by atoms with Crippen molar-refractivity contribution in [2.75, 3.05) is 31.9 Å². The second-order valence-electron chi connectivity index (χ2n) is 8.23. The summed E-state index contributed by atoms with van der Waals surface area (Å²) in [5.41, 5.74) is 6.74. The highest BCUT2D eigenvalue weighted by molar-refractivity contribution is 7.89. The minimum Gasteiger partial charge on any atom is -0.384 e. The van der Waals surface area contributed by atoms with Crippen LogP contribution in [0.25, 0.3) is 0 Å². The zero-order chi connectivity index (χ0) is 23.6. The SMILES string of the molecule is Cn1c(=O)c(C[NH+]2CCN(S(=O)(=O)c3ccccc3)CC2)c(N)n(Cc2ccccc2)c1=O. The number of nitrogens with two attached hydrogens (primary N) is 1. The van der Waals surface area contributed by atoms with Crippen molar-refractivity contribution in [3.63, 3.8) is 0 Å². The van der Waals surface area contributed by atoms with Gasteiger partial charge in [0.05, 0.1) is 37.6 Å². The van der Waals surface area contributed by atoms with E-state index >= 15 is 0 Å². The third kappa shape index (κ3) is 4.63. The summed E-state index contributed by atoms with van der Waals surface area (Å²) in [4.78, 5) is 26.9. The van der Waals surface area contributed by atoms with Crippen LogP contribution >= 0.6 is 0 Å². The normalized spacial score (nSPS) is 15.5. The average Bonchev–Trinajstić information content (AvgIpc) is 2.85. The van der Waals surface area contributed by atoms with Gasteiger partial charge in [-0.1, -0.05) is 48.5 Å². The summed E-state index contributed by atoms with van der Waals surface area (Å²) < 4.78 is 29.7. The Balaban J connectivity index is 1.53. The van der Waals surface area contributed by atoms with Crippen molar-refractivity contribution in [1.29, 1.82) is 0 Å². The van der Waals surface area contributed by atoms with Gasteiger partial charge in [-0.05, 0) is 17.7 Å². The molecule has 2 aromatic carbocycles. The molecule has 4 rings (SSSR count). The van der Waals surface area contributed by atoms with Gasteiger partial charge in [0.1, 0.15) is 17.9 Å². The molecule has 2 heterocycles. The molecule has 0 bridgehead atoms. The topological polar surface area (TPSA) is 112 Å². The molecule has 10 heteroatoms. The molecule has 1 saturated heterocycles. The van der Waals surface area contributed by atoms with Gasteiger partial charge in [0.15, 0.2) is 0 Å². The Bertz CT molecular complexity index is 1340. The first-order valence-corrected chi connectivity index (χ1v) is 12.2. The molecular weight excluding hydrogens is 442 g/mol. The van der Waals surface area contributed by atoms with Crippen molar-refractivity contribution in [2.24, 2.45) is 7.05 Å². The second kappa shape index (κ2) is 9.34. The fraction of sp³-hybridized carbons (Fsp3) is 0.304. The fourth-order valence-corrected chi connectivity index (χ4v) is 5.60. The molecule has 1 aliphatic heterocycles. The molecule has 3 N–H and O–H groups in total. The largest absolute Gasteiger partial charge is 0.384 e. The monoisotopic (exact) mass is 470 g/mol. The molecule has 0 atom stereocenters. The zero-order valence-corrected chi connectivity index (χ0v) is 19.3. The van der Waals surface area contributed by atoms with Gasteiger partial charge in [-0.2, -0.15) is 4.31 Å². The number of rotatable bonds is 6. The molecule has 0 amide bonds. The third-order valence-electron chi connectivity index (χ3n) is 6.10. The molecule has 33 heavy (non-hydrogen) atoms. The van der Waals surface area contributed by atoms with E-state index in [1.165, 1.54) is 15.9 Å². The van der Waals surface area contributed by atoms with E-state index in [2.05, 4.69) is 0 Å². The second-order valence-corrected chi connectivity index (χ2v) is 10.2. The first-order valence-electron chi connectivity index (χ1n) is 10.8. The lowest BCUT2D eigenvalue weighted by molar-refractivity contribution is -0.917. The van der Waals surface area contributed by atoms with E-state index in [1.54, 1.807) is 30.3 Å². The Kier molecular flexibility index (Phi) is 6.50. The number of anilines is 1. The standard InChI is InChI=1S/C23H27N5O4S/c1-25-22(29)20(21(24)28(23(25)30)16-18-8-4-2-5-9-18)17-26-12-14-27(15-13-26)33(31,32)19-10-6-3-7-11-19/h2-11H,12-17,24H2,1H3/p+1. The maximum absolute atomic E-state index is 12.9. The highest BCUT2D eigenvalue weighted by atomic mass is 32.2. The molecule has 3 aromatic rings. The minimum atomic E-state index is -3.54. The maximum atomic E-state index is 12.9. The van der Waals surface area contributed by atoms with E-state index in [0.29, 0.717) is 38.3 Å². The number of piperazine rings is 1. The van der Waals surface area contributed by atoms with E-state index < -0.39 is 21.3 Å². The van der Waals surface area contributed by atoms with Crippen LogP contribution in [0, 0.1) is 0 Å². The number of hydrogen-bond acceptors (Lipinski definition) is 5. The molecular formula is C23H28N5O4S+. The van der Waals surface area contributed by atoms with Gasteiger partial charge in [-0.15, -0.1) is 0 Å². The van der Waals surface area contributed by atoms with Gasteiger partial charge in [0.2, 0.25) is 10.0 Å². The first-order chi connectivity index (χ1) is 15.8. The van der Waals surface area contributed by atoms with Crippen LogP contribution in [0.5, 0.6) is 0 Å². The number of nitrogen functional groups attached to an aromatic ring is 1. The van der Waals surface area contributed by atoms with E-state index in [9.17, 15) is 18.0 Å². The molecule has 174 valence electrons. The number of nitrogens with zero attached hydrogens (tertiary/aromatic N) is 3. The number of benzene rings is 2. The van der Waals surface area contributed by atoms with Crippen LogP contribution in [0.15, 0.2) is 75.1 Å². The van der Waals surface area contributed by atoms with Crippen LogP contribution in [0.4, 0.5) is 5.82 Å². The Morgan fingerprint density at radius 1 is 0.939 bits per heavy atom. The van der Waals surface area contributed by atoms with Crippen LogP contribution in [-0.4, -0.2) is 48.0 Å². The lowest BCUT2D eigenvalue weighted by Gasteiger charge is -2.31. The van der Waals surface area contributed by atoms with Crippen LogP contribution in [0.2, 0.25) is 0 Å². The van der Waals surface area contributed by atoms with Gasteiger partial charge >= 0.3 is 5.69 Å². The van der Waals surface area contributed by atoms with Crippen LogP contribution < -0.4 is 21.9 Å². The maximum Gasteiger partial charge on any atom is 0.332 e. The van der Waals surface area contributed by atoms with E-state index in [4.69, 9.17) is 5.73 Å². The van der Waals surface area contributed by atoms with Gasteiger partial charge < -0.3 is 10.6 Å². The van der Waals surface area contributed by atoms with Crippen molar-refractivity contribution >= 4 is 15.8 Å². The summed E-state index contributed by atoms with van der Waals surface area (Å²) in [5, 5.41) is 0. The molecule has 0 aliphatic carbocycles. The fourth-order valence-electron chi connectivity index (χ4n) is 4.14. The molecule has 0 radical (unpaired) electrons. The van der Waals surface area contributed by atoms with Crippen molar-refractivity contribution in [1.82, 2.24) is 13.4 Å². The Morgan fingerprint density at radius 2 is 1.52 bits per heavy atom. The molecule has 1 aromatic heterocycles.